The van der Waals surface area contributed by atoms with Gasteiger partial charge in [0.05, 0.1) is 0 Å². The van der Waals surface area contributed by atoms with Gasteiger partial charge in [-0.1, -0.05) is 68.3 Å². The molecule has 35 heavy (non-hydrogen) atoms. The summed E-state index contributed by atoms with van der Waals surface area (Å²) in [5.41, 5.74) is 4.71. The quantitative estimate of drug-likeness (QED) is 0.464. The van der Waals surface area contributed by atoms with Crippen molar-refractivity contribution >= 4 is 18.0 Å². The highest BCUT2D eigenvalue weighted by molar-refractivity contribution is 5.80. The Bertz CT molecular complexity index is 1020. The monoisotopic (exact) mass is 478 g/mol. The van der Waals surface area contributed by atoms with Crippen LogP contribution in [0.5, 0.6) is 0 Å². The number of alkyl carbamates (subject to hydrolysis) is 1. The fourth-order valence-corrected chi connectivity index (χ4v) is 5.47. The molecule has 186 valence electrons. The molecule has 2 aliphatic carbocycles. The highest BCUT2D eigenvalue weighted by Gasteiger charge is 2.34. The maximum Gasteiger partial charge on any atom is 0.407 e. The van der Waals surface area contributed by atoms with Crippen LogP contribution in [-0.2, 0) is 14.3 Å². The molecule has 1 saturated carbocycles. The predicted octanol–water partition coefficient (Wildman–Crippen LogP) is 4.56. The van der Waals surface area contributed by atoms with Crippen LogP contribution in [0.1, 0.15) is 56.1 Å². The van der Waals surface area contributed by atoms with Gasteiger partial charge in [-0.25, -0.2) is 4.79 Å². The van der Waals surface area contributed by atoms with Crippen molar-refractivity contribution in [2.75, 3.05) is 19.7 Å². The Hall–Kier alpha value is -3.35. The molecule has 0 aromatic heterocycles. The minimum atomic E-state index is -0.850. The number of hydrogen-bond donors (Lipinski definition) is 3. The van der Waals surface area contributed by atoms with E-state index in [4.69, 9.17) is 9.84 Å². The number of carboxylic acids is 1. The molecule has 2 aromatic rings. The van der Waals surface area contributed by atoms with Gasteiger partial charge >= 0.3 is 12.1 Å². The second-order valence-electron chi connectivity index (χ2n) is 9.62. The number of fused-ring (bicyclic) bond motifs is 3. The lowest BCUT2D eigenvalue weighted by atomic mass is 9.94. The Kier molecular flexibility index (Phi) is 8.06. The molecule has 0 saturated heterocycles. The molecule has 3 unspecified atom stereocenters. The van der Waals surface area contributed by atoms with E-state index in [0.29, 0.717) is 19.5 Å². The lowest BCUT2D eigenvalue weighted by Gasteiger charge is -2.21. The number of carboxylic acid groups (broad SMARTS) is 1. The topological polar surface area (TPSA) is 105 Å². The molecule has 0 aliphatic heterocycles. The second-order valence-corrected chi connectivity index (χ2v) is 9.62. The van der Waals surface area contributed by atoms with E-state index < -0.39 is 12.1 Å². The van der Waals surface area contributed by atoms with Crippen LogP contribution in [0.2, 0.25) is 0 Å². The third kappa shape index (κ3) is 5.84. The summed E-state index contributed by atoms with van der Waals surface area (Å²) in [6, 6.07) is 16.4. The molecular weight excluding hydrogens is 444 g/mol. The summed E-state index contributed by atoms with van der Waals surface area (Å²) in [6.45, 7) is 2.94. The van der Waals surface area contributed by atoms with Crippen LogP contribution >= 0.6 is 0 Å². The van der Waals surface area contributed by atoms with Crippen molar-refractivity contribution in [2.45, 2.75) is 44.9 Å². The number of benzene rings is 2. The van der Waals surface area contributed by atoms with Crippen LogP contribution in [0.15, 0.2) is 48.5 Å². The van der Waals surface area contributed by atoms with E-state index in [1.165, 1.54) is 22.3 Å². The van der Waals surface area contributed by atoms with Crippen LogP contribution in [0.25, 0.3) is 11.1 Å². The highest BCUT2D eigenvalue weighted by Crippen LogP contribution is 2.44. The Morgan fingerprint density at radius 2 is 1.66 bits per heavy atom. The van der Waals surface area contributed by atoms with Crippen LogP contribution in [0.4, 0.5) is 4.79 Å². The number of rotatable bonds is 10. The summed E-state index contributed by atoms with van der Waals surface area (Å²) in [5.74, 6) is -1.09. The van der Waals surface area contributed by atoms with Gasteiger partial charge in [0.15, 0.2) is 0 Å². The standard InChI is InChI=1S/C28H34N2O5/c1-2-18(14-26(31)32)15-29-27(33)20-13-7-8-19(20)16-30-28(34)35-17-25-23-11-5-3-9-21(23)22-10-4-6-12-24(22)25/h3-6,9-12,18-20,25H,2,7-8,13-17H2,1H3,(H,29,33)(H,30,34)(H,31,32). The van der Waals surface area contributed by atoms with Gasteiger partial charge in [-0.3, -0.25) is 9.59 Å². The Labute approximate surface area is 206 Å². The second kappa shape index (κ2) is 11.4. The Morgan fingerprint density at radius 3 is 2.29 bits per heavy atom. The Morgan fingerprint density at radius 1 is 1.00 bits per heavy atom. The molecule has 0 radical (unpaired) electrons. The zero-order chi connectivity index (χ0) is 24.8. The van der Waals surface area contributed by atoms with Crippen LogP contribution in [0, 0.1) is 17.8 Å². The summed E-state index contributed by atoms with van der Waals surface area (Å²) < 4.78 is 5.62. The molecule has 0 bridgehead atoms. The molecule has 2 aromatic carbocycles. The minimum absolute atomic E-state index is 0.00970. The average molecular weight is 479 g/mol. The van der Waals surface area contributed by atoms with Gasteiger partial charge in [0.1, 0.15) is 6.61 Å². The first kappa shape index (κ1) is 24.8. The Balaban J connectivity index is 1.26. The van der Waals surface area contributed by atoms with Crippen LogP contribution in [0.3, 0.4) is 0 Å². The third-order valence-electron chi connectivity index (χ3n) is 7.45. The first-order chi connectivity index (χ1) is 17.0. The maximum atomic E-state index is 12.7. The lowest BCUT2D eigenvalue weighted by Crippen LogP contribution is -2.39. The largest absolute Gasteiger partial charge is 0.481 e. The lowest BCUT2D eigenvalue weighted by molar-refractivity contribution is -0.138. The fourth-order valence-electron chi connectivity index (χ4n) is 5.47. The first-order valence-electron chi connectivity index (χ1n) is 12.6. The van der Waals surface area contributed by atoms with Crippen molar-refractivity contribution < 1.29 is 24.2 Å². The molecule has 0 spiro atoms. The molecule has 3 atom stereocenters. The molecule has 3 N–H and O–H groups in total. The maximum absolute atomic E-state index is 12.7. The van der Waals surface area contributed by atoms with Crippen molar-refractivity contribution in [3.05, 3.63) is 59.7 Å². The number of hydrogen-bond acceptors (Lipinski definition) is 4. The fraction of sp³-hybridized carbons (Fsp3) is 0.464. The van der Waals surface area contributed by atoms with E-state index in [9.17, 15) is 14.4 Å². The first-order valence-corrected chi connectivity index (χ1v) is 12.6. The minimum Gasteiger partial charge on any atom is -0.481 e. The number of amides is 2. The number of carbonyl (C=O) groups is 3. The van der Waals surface area contributed by atoms with Crippen LogP contribution < -0.4 is 10.6 Å². The van der Waals surface area contributed by atoms with E-state index in [0.717, 1.165) is 19.3 Å². The zero-order valence-corrected chi connectivity index (χ0v) is 20.2. The zero-order valence-electron chi connectivity index (χ0n) is 20.2. The van der Waals surface area contributed by atoms with E-state index in [-0.39, 0.29) is 42.6 Å². The van der Waals surface area contributed by atoms with E-state index in [1.807, 2.05) is 31.2 Å². The summed E-state index contributed by atoms with van der Waals surface area (Å²) in [4.78, 5) is 36.2. The van der Waals surface area contributed by atoms with Crippen molar-refractivity contribution in [1.82, 2.24) is 10.6 Å². The number of nitrogens with one attached hydrogen (secondary N) is 2. The van der Waals surface area contributed by atoms with E-state index in [1.54, 1.807) is 0 Å². The molecule has 0 heterocycles. The van der Waals surface area contributed by atoms with Gasteiger partial charge in [0.25, 0.3) is 0 Å². The van der Waals surface area contributed by atoms with Crippen molar-refractivity contribution in [2.24, 2.45) is 17.8 Å². The van der Waals surface area contributed by atoms with E-state index in [2.05, 4.69) is 34.9 Å². The SMILES string of the molecule is CCC(CNC(=O)C1CCCC1CNC(=O)OCC1c2ccccc2-c2ccccc21)CC(=O)O. The molecule has 4 rings (SSSR count). The third-order valence-corrected chi connectivity index (χ3v) is 7.45. The van der Waals surface area contributed by atoms with Gasteiger partial charge in [-0.2, -0.15) is 0 Å². The van der Waals surface area contributed by atoms with Gasteiger partial charge in [-0.15, -0.1) is 0 Å². The smallest absolute Gasteiger partial charge is 0.407 e. The van der Waals surface area contributed by atoms with Gasteiger partial charge in [-0.05, 0) is 46.9 Å². The summed E-state index contributed by atoms with van der Waals surface area (Å²) in [7, 11) is 0. The van der Waals surface area contributed by atoms with Gasteiger partial charge in [0, 0.05) is 31.3 Å². The van der Waals surface area contributed by atoms with Crippen LogP contribution in [-0.4, -0.2) is 42.8 Å². The predicted molar refractivity (Wildman–Crippen MR) is 133 cm³/mol. The number of ether oxygens (including phenoxy) is 1. The summed E-state index contributed by atoms with van der Waals surface area (Å²) >= 11 is 0. The normalized spacial score (nSPS) is 19.5. The number of carbonyl (C=O) groups excluding carboxylic acids is 2. The average Bonchev–Trinajstić information content (AvgIpc) is 3.46. The number of aliphatic carboxylic acids is 1. The highest BCUT2D eigenvalue weighted by atomic mass is 16.5. The van der Waals surface area contributed by atoms with Crippen molar-refractivity contribution in [3.8, 4) is 11.1 Å². The van der Waals surface area contributed by atoms with Crippen molar-refractivity contribution in [1.29, 1.82) is 0 Å². The molecule has 2 aliphatic rings. The molecule has 7 nitrogen and oxygen atoms in total. The molecule has 1 fully saturated rings. The summed E-state index contributed by atoms with van der Waals surface area (Å²) in [5, 5.41) is 14.8. The summed E-state index contributed by atoms with van der Waals surface area (Å²) in [6.07, 6.45) is 2.86. The van der Waals surface area contributed by atoms with Gasteiger partial charge in [0.2, 0.25) is 5.91 Å². The van der Waals surface area contributed by atoms with Crippen molar-refractivity contribution in [3.63, 3.8) is 0 Å². The molecule has 2 amide bonds. The molecular formula is C28H34N2O5. The van der Waals surface area contributed by atoms with Gasteiger partial charge < -0.3 is 20.5 Å². The molecule has 7 heteroatoms. The van der Waals surface area contributed by atoms with E-state index >= 15 is 0 Å².